The fourth-order valence-electron chi connectivity index (χ4n) is 2.38. The van der Waals surface area contributed by atoms with Gasteiger partial charge < -0.3 is 15.4 Å². The zero-order valence-electron chi connectivity index (χ0n) is 13.9. The standard InChI is InChI=1S/C19H19N3O2S/c1-24-17-7-5-14(6-8-17)9-10-21-19(23)22-16-4-2-3-15(13-16)18-20-11-12-25-18/h2-8,11-13H,9-10H2,1H3,(H2,21,22,23). The van der Waals surface area contributed by atoms with Gasteiger partial charge in [0.05, 0.1) is 7.11 Å². The predicted octanol–water partition coefficient (Wildman–Crippen LogP) is 4.18. The van der Waals surface area contributed by atoms with Gasteiger partial charge in [0.1, 0.15) is 10.8 Å². The fourth-order valence-corrected chi connectivity index (χ4v) is 3.02. The summed E-state index contributed by atoms with van der Waals surface area (Å²) in [5, 5.41) is 8.59. The van der Waals surface area contributed by atoms with Crippen molar-refractivity contribution in [2.45, 2.75) is 6.42 Å². The molecule has 2 aromatic carbocycles. The molecular weight excluding hydrogens is 334 g/mol. The number of benzene rings is 2. The van der Waals surface area contributed by atoms with E-state index in [9.17, 15) is 4.79 Å². The Labute approximate surface area is 150 Å². The quantitative estimate of drug-likeness (QED) is 0.699. The van der Waals surface area contributed by atoms with Crippen LogP contribution in [-0.2, 0) is 6.42 Å². The van der Waals surface area contributed by atoms with Crippen LogP contribution < -0.4 is 15.4 Å². The van der Waals surface area contributed by atoms with Gasteiger partial charge in [-0.15, -0.1) is 11.3 Å². The summed E-state index contributed by atoms with van der Waals surface area (Å²) in [7, 11) is 1.64. The molecule has 0 aliphatic rings. The van der Waals surface area contributed by atoms with Crippen molar-refractivity contribution in [2.24, 2.45) is 0 Å². The number of carbonyl (C=O) groups is 1. The molecule has 0 spiro atoms. The van der Waals surface area contributed by atoms with Gasteiger partial charge in [0.15, 0.2) is 0 Å². The van der Waals surface area contributed by atoms with E-state index in [-0.39, 0.29) is 6.03 Å². The highest BCUT2D eigenvalue weighted by Gasteiger charge is 2.05. The summed E-state index contributed by atoms with van der Waals surface area (Å²) in [4.78, 5) is 16.3. The Morgan fingerprint density at radius 1 is 1.20 bits per heavy atom. The van der Waals surface area contributed by atoms with E-state index in [1.54, 1.807) is 24.6 Å². The summed E-state index contributed by atoms with van der Waals surface area (Å²) < 4.78 is 5.13. The number of hydrogen-bond donors (Lipinski definition) is 2. The Morgan fingerprint density at radius 2 is 2.04 bits per heavy atom. The van der Waals surface area contributed by atoms with Crippen molar-refractivity contribution in [3.8, 4) is 16.3 Å². The molecule has 0 aliphatic carbocycles. The molecule has 0 radical (unpaired) electrons. The maximum atomic E-state index is 12.0. The first-order chi connectivity index (χ1) is 12.2. The van der Waals surface area contributed by atoms with Crippen molar-refractivity contribution in [3.63, 3.8) is 0 Å². The molecule has 1 heterocycles. The zero-order chi connectivity index (χ0) is 17.5. The van der Waals surface area contributed by atoms with Crippen LogP contribution in [0.2, 0.25) is 0 Å². The lowest BCUT2D eigenvalue weighted by Crippen LogP contribution is -2.30. The average molecular weight is 353 g/mol. The first-order valence-electron chi connectivity index (χ1n) is 7.92. The van der Waals surface area contributed by atoms with E-state index >= 15 is 0 Å². The van der Waals surface area contributed by atoms with Crippen LogP contribution in [0.4, 0.5) is 10.5 Å². The van der Waals surface area contributed by atoms with E-state index in [1.807, 2.05) is 53.9 Å². The van der Waals surface area contributed by atoms with Crippen LogP contribution >= 0.6 is 11.3 Å². The van der Waals surface area contributed by atoms with Crippen molar-refractivity contribution >= 4 is 23.1 Å². The van der Waals surface area contributed by atoms with E-state index < -0.39 is 0 Å². The van der Waals surface area contributed by atoms with Crippen molar-refractivity contribution in [2.75, 3.05) is 19.0 Å². The van der Waals surface area contributed by atoms with Crippen molar-refractivity contribution in [3.05, 3.63) is 65.7 Å². The maximum Gasteiger partial charge on any atom is 0.319 e. The van der Waals surface area contributed by atoms with Crippen LogP contribution in [0.5, 0.6) is 5.75 Å². The Morgan fingerprint density at radius 3 is 2.76 bits per heavy atom. The van der Waals surface area contributed by atoms with Gasteiger partial charge in [-0.1, -0.05) is 24.3 Å². The Bertz CT molecular complexity index is 817. The Hall–Kier alpha value is -2.86. The molecule has 2 N–H and O–H groups in total. The molecule has 5 nitrogen and oxygen atoms in total. The second-order valence-corrected chi connectivity index (χ2v) is 6.29. The minimum Gasteiger partial charge on any atom is -0.497 e. The summed E-state index contributed by atoms with van der Waals surface area (Å²) >= 11 is 1.57. The number of carbonyl (C=O) groups excluding carboxylic acids is 1. The van der Waals surface area contributed by atoms with Gasteiger partial charge in [0.2, 0.25) is 0 Å². The van der Waals surface area contributed by atoms with E-state index in [0.717, 1.165) is 34.0 Å². The second-order valence-electron chi connectivity index (χ2n) is 5.40. The van der Waals surface area contributed by atoms with Gasteiger partial charge in [-0.25, -0.2) is 9.78 Å². The first kappa shape index (κ1) is 17.0. The third-order valence-corrected chi connectivity index (χ3v) is 4.48. The molecule has 1 aromatic heterocycles. The number of nitrogens with zero attached hydrogens (tertiary/aromatic N) is 1. The smallest absolute Gasteiger partial charge is 0.319 e. The summed E-state index contributed by atoms with van der Waals surface area (Å²) in [5.74, 6) is 0.828. The largest absolute Gasteiger partial charge is 0.497 e. The SMILES string of the molecule is COc1ccc(CCNC(=O)Nc2cccc(-c3nccs3)c2)cc1. The summed E-state index contributed by atoms with van der Waals surface area (Å²) in [5.41, 5.74) is 2.88. The molecule has 6 heteroatoms. The summed E-state index contributed by atoms with van der Waals surface area (Å²) in [6, 6.07) is 15.3. The van der Waals surface area contributed by atoms with Crippen LogP contribution in [0.15, 0.2) is 60.1 Å². The molecular formula is C19H19N3O2S. The highest BCUT2D eigenvalue weighted by atomic mass is 32.1. The van der Waals surface area contributed by atoms with Crippen molar-refractivity contribution < 1.29 is 9.53 Å². The molecule has 25 heavy (non-hydrogen) atoms. The summed E-state index contributed by atoms with van der Waals surface area (Å²) in [6.07, 6.45) is 2.53. The number of ether oxygens (including phenoxy) is 1. The van der Waals surface area contributed by atoms with Gasteiger partial charge >= 0.3 is 6.03 Å². The average Bonchev–Trinajstić information content (AvgIpc) is 3.17. The van der Waals surface area contributed by atoms with Crippen molar-refractivity contribution in [1.29, 1.82) is 0 Å². The lowest BCUT2D eigenvalue weighted by atomic mass is 10.1. The molecule has 0 atom stereocenters. The van der Waals surface area contributed by atoms with Gasteiger partial charge in [-0.2, -0.15) is 0 Å². The molecule has 0 saturated heterocycles. The van der Waals surface area contributed by atoms with Crippen LogP contribution in [0.1, 0.15) is 5.56 Å². The monoisotopic (exact) mass is 353 g/mol. The number of hydrogen-bond acceptors (Lipinski definition) is 4. The highest BCUT2D eigenvalue weighted by Crippen LogP contribution is 2.24. The predicted molar refractivity (Wildman–Crippen MR) is 101 cm³/mol. The van der Waals surface area contributed by atoms with Crippen molar-refractivity contribution in [1.82, 2.24) is 10.3 Å². The van der Waals surface area contributed by atoms with E-state index in [2.05, 4.69) is 15.6 Å². The Balaban J connectivity index is 1.50. The molecule has 128 valence electrons. The highest BCUT2D eigenvalue weighted by molar-refractivity contribution is 7.13. The number of urea groups is 1. The van der Waals surface area contributed by atoms with Gasteiger partial charge in [-0.05, 0) is 36.2 Å². The number of anilines is 1. The number of rotatable bonds is 6. The number of nitrogens with one attached hydrogen (secondary N) is 2. The maximum absolute atomic E-state index is 12.0. The molecule has 0 unspecified atom stereocenters. The van der Waals surface area contributed by atoms with Crippen LogP contribution in [0.3, 0.4) is 0 Å². The normalized spacial score (nSPS) is 10.3. The molecule has 3 aromatic rings. The molecule has 0 fully saturated rings. The third kappa shape index (κ3) is 4.81. The van der Waals surface area contributed by atoms with Gasteiger partial charge in [0, 0.05) is 29.4 Å². The second kappa shape index (κ2) is 8.30. The number of thiazole rings is 1. The fraction of sp³-hybridized carbons (Fsp3) is 0.158. The van der Waals surface area contributed by atoms with Gasteiger partial charge in [0.25, 0.3) is 0 Å². The molecule has 0 saturated carbocycles. The molecule has 3 rings (SSSR count). The number of methoxy groups -OCH3 is 1. The zero-order valence-corrected chi connectivity index (χ0v) is 14.7. The lowest BCUT2D eigenvalue weighted by Gasteiger charge is -2.09. The minimum absolute atomic E-state index is 0.218. The van der Waals surface area contributed by atoms with E-state index in [0.29, 0.717) is 6.54 Å². The lowest BCUT2D eigenvalue weighted by molar-refractivity contribution is 0.252. The van der Waals surface area contributed by atoms with Gasteiger partial charge in [-0.3, -0.25) is 0 Å². The first-order valence-corrected chi connectivity index (χ1v) is 8.80. The molecule has 0 bridgehead atoms. The minimum atomic E-state index is -0.218. The summed E-state index contributed by atoms with van der Waals surface area (Å²) in [6.45, 7) is 0.560. The van der Waals surface area contributed by atoms with E-state index in [1.165, 1.54) is 0 Å². The third-order valence-electron chi connectivity index (χ3n) is 3.66. The van der Waals surface area contributed by atoms with Crippen LogP contribution in [-0.4, -0.2) is 24.7 Å². The van der Waals surface area contributed by atoms with E-state index in [4.69, 9.17) is 4.74 Å². The topological polar surface area (TPSA) is 63.2 Å². The van der Waals surface area contributed by atoms with Crippen LogP contribution in [0.25, 0.3) is 10.6 Å². The molecule has 0 aliphatic heterocycles. The number of aromatic nitrogens is 1. The number of amides is 2. The molecule has 2 amide bonds. The Kier molecular flexibility index (Phi) is 5.64. The van der Waals surface area contributed by atoms with Crippen LogP contribution in [0, 0.1) is 0 Å².